The van der Waals surface area contributed by atoms with Crippen LogP contribution in [0.5, 0.6) is 0 Å². The first-order valence-electron chi connectivity index (χ1n) is 10.7. The topological polar surface area (TPSA) is 117 Å². The van der Waals surface area contributed by atoms with Gasteiger partial charge in [-0.15, -0.1) is 0 Å². The number of nitrogens with one attached hydrogen (secondary N) is 1. The Labute approximate surface area is 183 Å². The lowest BCUT2D eigenvalue weighted by Crippen LogP contribution is -2.38. The highest BCUT2D eigenvalue weighted by Gasteiger charge is 2.23. The maximum atomic E-state index is 12.4. The molecule has 164 valence electrons. The summed E-state index contributed by atoms with van der Waals surface area (Å²) in [5.74, 6) is -0.281. The van der Waals surface area contributed by atoms with E-state index in [1.165, 1.54) is 0 Å². The number of nitrogens with two attached hydrogens (primary N) is 1. The lowest BCUT2D eigenvalue weighted by molar-refractivity contribution is -0.122. The molecular weight excluding hydrogens is 392 g/mol. The SMILES string of the molecule is Cc1nn(CCC#N)c(C)c1CCC(=O)Nc1ccc(N2CCC(C(N)=O)CC2)cc1. The summed E-state index contributed by atoms with van der Waals surface area (Å²) in [6.07, 6.45) is 2.96. The number of benzene rings is 1. The summed E-state index contributed by atoms with van der Waals surface area (Å²) in [6, 6.07) is 9.93. The van der Waals surface area contributed by atoms with Crippen molar-refractivity contribution in [3.8, 4) is 6.07 Å². The van der Waals surface area contributed by atoms with Crippen molar-refractivity contribution in [2.24, 2.45) is 11.7 Å². The number of hydrogen-bond donors (Lipinski definition) is 2. The molecule has 1 aromatic carbocycles. The van der Waals surface area contributed by atoms with E-state index in [0.717, 1.165) is 54.3 Å². The van der Waals surface area contributed by atoms with Crippen molar-refractivity contribution in [1.82, 2.24) is 9.78 Å². The van der Waals surface area contributed by atoms with Gasteiger partial charge in [-0.05, 0) is 62.9 Å². The van der Waals surface area contributed by atoms with Gasteiger partial charge in [0.15, 0.2) is 0 Å². The molecule has 2 aromatic rings. The van der Waals surface area contributed by atoms with Crippen LogP contribution in [0.3, 0.4) is 0 Å². The summed E-state index contributed by atoms with van der Waals surface area (Å²) in [6.45, 7) is 6.10. The third-order valence-electron chi connectivity index (χ3n) is 5.98. The van der Waals surface area contributed by atoms with Crippen LogP contribution in [0.25, 0.3) is 0 Å². The Hall–Kier alpha value is -3.34. The summed E-state index contributed by atoms with van der Waals surface area (Å²) in [5.41, 5.74) is 10.2. The van der Waals surface area contributed by atoms with E-state index in [1.807, 2.05) is 42.8 Å². The molecule has 3 rings (SSSR count). The van der Waals surface area contributed by atoms with Gasteiger partial charge in [0.2, 0.25) is 11.8 Å². The second-order valence-electron chi connectivity index (χ2n) is 8.04. The van der Waals surface area contributed by atoms with Gasteiger partial charge < -0.3 is 16.0 Å². The fourth-order valence-electron chi connectivity index (χ4n) is 4.11. The molecule has 0 radical (unpaired) electrons. The molecule has 0 saturated carbocycles. The van der Waals surface area contributed by atoms with Gasteiger partial charge in [0.1, 0.15) is 0 Å². The maximum absolute atomic E-state index is 12.4. The van der Waals surface area contributed by atoms with Gasteiger partial charge >= 0.3 is 0 Å². The Morgan fingerprint density at radius 2 is 1.90 bits per heavy atom. The number of piperidine rings is 1. The molecule has 0 atom stereocenters. The Morgan fingerprint density at radius 3 is 2.52 bits per heavy atom. The largest absolute Gasteiger partial charge is 0.371 e. The molecule has 2 amide bonds. The quantitative estimate of drug-likeness (QED) is 0.678. The minimum absolute atomic E-state index is 0.0273. The molecule has 8 nitrogen and oxygen atoms in total. The molecular formula is C23H30N6O2. The van der Waals surface area contributed by atoms with Gasteiger partial charge in [0, 0.05) is 42.5 Å². The molecule has 1 saturated heterocycles. The van der Waals surface area contributed by atoms with Crippen LogP contribution in [0.4, 0.5) is 11.4 Å². The molecule has 1 aromatic heterocycles. The molecule has 31 heavy (non-hydrogen) atoms. The van der Waals surface area contributed by atoms with E-state index in [1.54, 1.807) is 0 Å². The predicted molar refractivity (Wildman–Crippen MR) is 119 cm³/mol. The summed E-state index contributed by atoms with van der Waals surface area (Å²) < 4.78 is 1.84. The van der Waals surface area contributed by atoms with Crippen LogP contribution in [-0.4, -0.2) is 34.7 Å². The highest BCUT2D eigenvalue weighted by atomic mass is 16.2. The number of aryl methyl sites for hydroxylation is 2. The van der Waals surface area contributed by atoms with Crippen LogP contribution in [0, 0.1) is 31.1 Å². The molecule has 0 aliphatic carbocycles. The molecule has 2 heterocycles. The van der Waals surface area contributed by atoms with Gasteiger partial charge in [-0.2, -0.15) is 10.4 Å². The number of rotatable bonds is 8. The normalized spacial score (nSPS) is 14.3. The highest BCUT2D eigenvalue weighted by Crippen LogP contribution is 2.24. The average Bonchev–Trinajstić information content (AvgIpc) is 3.04. The predicted octanol–water partition coefficient (Wildman–Crippen LogP) is 2.69. The number of carbonyl (C=O) groups is 2. The molecule has 3 N–H and O–H groups in total. The zero-order valence-electron chi connectivity index (χ0n) is 18.2. The van der Waals surface area contributed by atoms with Gasteiger partial charge in [-0.1, -0.05) is 0 Å². The minimum Gasteiger partial charge on any atom is -0.371 e. The van der Waals surface area contributed by atoms with Crippen LogP contribution in [0.1, 0.15) is 42.6 Å². The first-order chi connectivity index (χ1) is 14.9. The third kappa shape index (κ3) is 5.63. The Bertz CT molecular complexity index is 965. The van der Waals surface area contributed by atoms with Crippen LogP contribution >= 0.6 is 0 Å². The lowest BCUT2D eigenvalue weighted by Gasteiger charge is -2.32. The van der Waals surface area contributed by atoms with Crippen molar-refractivity contribution in [3.05, 3.63) is 41.2 Å². The number of primary amides is 1. The Kier molecular flexibility index (Phi) is 7.29. The average molecular weight is 423 g/mol. The third-order valence-corrected chi connectivity index (χ3v) is 5.98. The van der Waals surface area contributed by atoms with Crippen LogP contribution in [0.2, 0.25) is 0 Å². The standard InChI is InChI=1S/C23H30N6O2/c1-16-21(17(2)29(27-16)13-3-12-24)8-9-22(30)26-19-4-6-20(7-5-19)28-14-10-18(11-15-28)23(25)31/h4-7,18H,3,8-11,13-15H2,1-2H3,(H2,25,31)(H,26,30). The van der Waals surface area contributed by atoms with E-state index in [9.17, 15) is 9.59 Å². The van der Waals surface area contributed by atoms with Crippen LogP contribution in [-0.2, 0) is 22.6 Å². The molecule has 0 unspecified atom stereocenters. The van der Waals surface area contributed by atoms with Crippen molar-refractivity contribution in [3.63, 3.8) is 0 Å². The van der Waals surface area contributed by atoms with Gasteiger partial charge in [0.25, 0.3) is 0 Å². The Morgan fingerprint density at radius 1 is 1.23 bits per heavy atom. The summed E-state index contributed by atoms with van der Waals surface area (Å²) in [7, 11) is 0. The number of nitriles is 1. The second-order valence-corrected chi connectivity index (χ2v) is 8.04. The van der Waals surface area contributed by atoms with E-state index >= 15 is 0 Å². The Balaban J connectivity index is 1.51. The zero-order valence-corrected chi connectivity index (χ0v) is 18.2. The molecule has 1 aliphatic heterocycles. The van der Waals surface area contributed by atoms with E-state index in [2.05, 4.69) is 21.4 Å². The van der Waals surface area contributed by atoms with Crippen molar-refractivity contribution in [2.75, 3.05) is 23.3 Å². The van der Waals surface area contributed by atoms with Gasteiger partial charge in [-0.25, -0.2) is 0 Å². The highest BCUT2D eigenvalue weighted by molar-refractivity contribution is 5.91. The number of anilines is 2. The lowest BCUT2D eigenvalue weighted by atomic mass is 9.96. The summed E-state index contributed by atoms with van der Waals surface area (Å²) >= 11 is 0. The fourth-order valence-corrected chi connectivity index (χ4v) is 4.11. The van der Waals surface area contributed by atoms with E-state index < -0.39 is 0 Å². The maximum Gasteiger partial charge on any atom is 0.224 e. The number of carbonyl (C=O) groups excluding carboxylic acids is 2. The van der Waals surface area contributed by atoms with Crippen molar-refractivity contribution in [2.45, 2.75) is 52.5 Å². The molecule has 0 spiro atoms. The molecule has 0 bridgehead atoms. The van der Waals surface area contributed by atoms with Gasteiger partial charge in [-0.3, -0.25) is 14.3 Å². The minimum atomic E-state index is -0.211. The molecule has 1 aliphatic rings. The number of aromatic nitrogens is 2. The monoisotopic (exact) mass is 422 g/mol. The second kappa shape index (κ2) is 10.1. The first kappa shape index (κ1) is 22.3. The van der Waals surface area contributed by atoms with Crippen molar-refractivity contribution in [1.29, 1.82) is 5.26 Å². The van der Waals surface area contributed by atoms with Crippen LogP contribution in [0.15, 0.2) is 24.3 Å². The number of nitrogens with zero attached hydrogens (tertiary/aromatic N) is 4. The van der Waals surface area contributed by atoms with Gasteiger partial charge in [0.05, 0.1) is 24.7 Å². The summed E-state index contributed by atoms with van der Waals surface area (Å²) in [4.78, 5) is 26.0. The first-order valence-corrected chi connectivity index (χ1v) is 10.7. The van der Waals surface area contributed by atoms with E-state index in [0.29, 0.717) is 25.8 Å². The van der Waals surface area contributed by atoms with Crippen LogP contribution < -0.4 is 16.0 Å². The smallest absolute Gasteiger partial charge is 0.224 e. The van der Waals surface area contributed by atoms with Crippen molar-refractivity contribution < 1.29 is 9.59 Å². The number of amides is 2. The molecule has 8 heteroatoms. The summed E-state index contributed by atoms with van der Waals surface area (Å²) in [5, 5.41) is 16.2. The molecule has 1 fully saturated rings. The van der Waals surface area contributed by atoms with Crippen molar-refractivity contribution >= 4 is 23.2 Å². The number of hydrogen-bond acceptors (Lipinski definition) is 5. The van der Waals surface area contributed by atoms with E-state index in [4.69, 9.17) is 11.0 Å². The van der Waals surface area contributed by atoms with E-state index in [-0.39, 0.29) is 17.7 Å². The zero-order chi connectivity index (χ0) is 22.4. The fraction of sp³-hybridized carbons (Fsp3) is 0.478.